The maximum Gasteiger partial charge on any atom is 0.122 e. The number of allylic oxidation sites excluding steroid dienone is 1. The Morgan fingerprint density at radius 1 is 1.55 bits per heavy atom. The fourth-order valence-corrected chi connectivity index (χ4v) is 2.48. The first-order valence-electron chi connectivity index (χ1n) is 7.48. The second-order valence-electron chi connectivity index (χ2n) is 5.32. The molecule has 20 heavy (non-hydrogen) atoms. The minimum Gasteiger partial charge on any atom is -0.491 e. The molecule has 2 atom stereocenters. The van der Waals surface area contributed by atoms with E-state index >= 15 is 0 Å². The molecule has 1 heterocycles. The summed E-state index contributed by atoms with van der Waals surface area (Å²) in [7, 11) is 0. The van der Waals surface area contributed by atoms with Gasteiger partial charge < -0.3 is 15.2 Å². The minimum atomic E-state index is 0.0887. The topological polar surface area (TPSA) is 44.5 Å². The van der Waals surface area contributed by atoms with Crippen molar-refractivity contribution in [2.75, 3.05) is 13.2 Å². The molecule has 110 valence electrons. The van der Waals surface area contributed by atoms with Crippen LogP contribution >= 0.6 is 0 Å². The summed E-state index contributed by atoms with van der Waals surface area (Å²) in [6.07, 6.45) is 6.10. The van der Waals surface area contributed by atoms with Crippen LogP contribution in [0.5, 0.6) is 5.75 Å². The van der Waals surface area contributed by atoms with Crippen LogP contribution in [-0.4, -0.2) is 19.3 Å². The van der Waals surface area contributed by atoms with Gasteiger partial charge in [0.2, 0.25) is 0 Å². The van der Waals surface area contributed by atoms with Gasteiger partial charge in [0.25, 0.3) is 0 Å². The molecule has 0 aliphatic carbocycles. The second-order valence-corrected chi connectivity index (χ2v) is 5.32. The first kappa shape index (κ1) is 15.1. The monoisotopic (exact) mass is 275 g/mol. The van der Waals surface area contributed by atoms with E-state index in [4.69, 9.17) is 15.2 Å². The molecule has 1 fully saturated rings. The van der Waals surface area contributed by atoms with Gasteiger partial charge in [-0.2, -0.15) is 0 Å². The average Bonchev–Trinajstić information content (AvgIpc) is 2.98. The smallest absolute Gasteiger partial charge is 0.122 e. The summed E-state index contributed by atoms with van der Waals surface area (Å²) in [6.45, 7) is 7.40. The van der Waals surface area contributed by atoms with Crippen LogP contribution in [0.3, 0.4) is 0 Å². The summed E-state index contributed by atoms with van der Waals surface area (Å²) in [5.41, 5.74) is 8.41. The third-order valence-corrected chi connectivity index (χ3v) is 3.77. The summed E-state index contributed by atoms with van der Waals surface area (Å²) in [5.74, 6) is 0.924. The summed E-state index contributed by atoms with van der Waals surface area (Å²) in [5, 5.41) is 0. The zero-order valence-corrected chi connectivity index (χ0v) is 12.3. The maximum atomic E-state index is 6.10. The van der Waals surface area contributed by atoms with Crippen molar-refractivity contribution in [2.24, 2.45) is 5.73 Å². The molecule has 1 saturated heterocycles. The molecule has 3 heteroatoms. The molecule has 0 saturated carbocycles. The van der Waals surface area contributed by atoms with Crippen molar-refractivity contribution in [3.05, 3.63) is 42.0 Å². The molecule has 2 N–H and O–H groups in total. The van der Waals surface area contributed by atoms with Gasteiger partial charge in [0.05, 0.1) is 6.10 Å². The lowest BCUT2D eigenvalue weighted by molar-refractivity contribution is 0.0676. The predicted octanol–water partition coefficient (Wildman–Crippen LogP) is 3.38. The molecule has 0 aromatic heterocycles. The van der Waals surface area contributed by atoms with Crippen LogP contribution in [0.2, 0.25) is 0 Å². The van der Waals surface area contributed by atoms with Crippen molar-refractivity contribution in [1.29, 1.82) is 0 Å². The van der Waals surface area contributed by atoms with Crippen LogP contribution in [0, 0.1) is 0 Å². The standard InChI is InChI=1S/C17H25NO2/c1-3-6-14-11-13(16(18)4-2)8-9-17(14)20-12-15-7-5-10-19-15/h3,8-9,11,15-16H,1,4-7,10,12,18H2,2H3. The van der Waals surface area contributed by atoms with Crippen LogP contribution < -0.4 is 10.5 Å². The highest BCUT2D eigenvalue weighted by atomic mass is 16.5. The van der Waals surface area contributed by atoms with E-state index in [1.54, 1.807) is 0 Å². The Kier molecular flexibility index (Phi) is 5.62. The zero-order chi connectivity index (χ0) is 14.4. The molecule has 0 radical (unpaired) electrons. The van der Waals surface area contributed by atoms with Crippen molar-refractivity contribution in [1.82, 2.24) is 0 Å². The van der Waals surface area contributed by atoms with E-state index < -0.39 is 0 Å². The SMILES string of the molecule is C=CCc1cc(C(N)CC)ccc1OCC1CCCO1. The summed E-state index contributed by atoms with van der Waals surface area (Å²) in [4.78, 5) is 0. The van der Waals surface area contributed by atoms with Gasteiger partial charge in [-0.3, -0.25) is 0 Å². The zero-order valence-electron chi connectivity index (χ0n) is 12.3. The van der Waals surface area contributed by atoms with Gasteiger partial charge in [-0.05, 0) is 42.9 Å². The molecule has 1 aromatic rings. The molecule has 0 spiro atoms. The molecule has 1 aromatic carbocycles. The first-order valence-corrected chi connectivity index (χ1v) is 7.48. The fraction of sp³-hybridized carbons (Fsp3) is 0.529. The van der Waals surface area contributed by atoms with Crippen molar-refractivity contribution in [2.45, 2.75) is 44.8 Å². The molecule has 0 bridgehead atoms. The largest absolute Gasteiger partial charge is 0.491 e. The average molecular weight is 275 g/mol. The van der Waals surface area contributed by atoms with Gasteiger partial charge in [-0.1, -0.05) is 25.1 Å². The van der Waals surface area contributed by atoms with Gasteiger partial charge in [0.15, 0.2) is 0 Å². The second kappa shape index (κ2) is 7.46. The van der Waals surface area contributed by atoms with Gasteiger partial charge in [0, 0.05) is 12.6 Å². The molecule has 2 unspecified atom stereocenters. The Morgan fingerprint density at radius 3 is 3.05 bits per heavy atom. The van der Waals surface area contributed by atoms with Crippen LogP contribution in [0.25, 0.3) is 0 Å². The number of hydrogen-bond acceptors (Lipinski definition) is 3. The minimum absolute atomic E-state index is 0.0887. The van der Waals surface area contributed by atoms with Crippen molar-refractivity contribution < 1.29 is 9.47 Å². The highest BCUT2D eigenvalue weighted by molar-refractivity contribution is 5.39. The van der Waals surface area contributed by atoms with Crippen molar-refractivity contribution in [3.63, 3.8) is 0 Å². The van der Waals surface area contributed by atoms with Gasteiger partial charge in [0.1, 0.15) is 12.4 Å². The van der Waals surface area contributed by atoms with E-state index in [1.807, 2.05) is 12.1 Å². The maximum absolute atomic E-state index is 6.10. The number of benzene rings is 1. The quantitative estimate of drug-likeness (QED) is 0.776. The molecular weight excluding hydrogens is 250 g/mol. The van der Waals surface area contributed by atoms with Gasteiger partial charge in [-0.25, -0.2) is 0 Å². The predicted molar refractivity (Wildman–Crippen MR) is 82.0 cm³/mol. The highest BCUT2D eigenvalue weighted by Crippen LogP contribution is 2.25. The van der Waals surface area contributed by atoms with Gasteiger partial charge in [-0.15, -0.1) is 6.58 Å². The summed E-state index contributed by atoms with van der Waals surface area (Å²) < 4.78 is 11.5. The van der Waals surface area contributed by atoms with E-state index in [-0.39, 0.29) is 12.1 Å². The normalized spacial score (nSPS) is 19.8. The fourth-order valence-electron chi connectivity index (χ4n) is 2.48. The molecule has 2 rings (SSSR count). The Morgan fingerprint density at radius 2 is 2.40 bits per heavy atom. The lowest BCUT2D eigenvalue weighted by atomic mass is 10.0. The van der Waals surface area contributed by atoms with E-state index in [2.05, 4.69) is 25.6 Å². The highest BCUT2D eigenvalue weighted by Gasteiger charge is 2.17. The Balaban J connectivity index is 2.07. The first-order chi connectivity index (χ1) is 9.74. The number of nitrogens with two attached hydrogens (primary N) is 1. The van der Waals surface area contributed by atoms with E-state index in [0.29, 0.717) is 6.61 Å². The molecule has 3 nitrogen and oxygen atoms in total. The molecule has 1 aliphatic rings. The van der Waals surface area contributed by atoms with Gasteiger partial charge >= 0.3 is 0 Å². The number of hydrogen-bond donors (Lipinski definition) is 1. The van der Waals surface area contributed by atoms with Crippen molar-refractivity contribution in [3.8, 4) is 5.75 Å². The van der Waals surface area contributed by atoms with Crippen LogP contribution in [0.1, 0.15) is 43.4 Å². The molecule has 0 amide bonds. The van der Waals surface area contributed by atoms with Crippen molar-refractivity contribution >= 4 is 0 Å². The Labute approximate surface area is 121 Å². The number of rotatable bonds is 7. The summed E-state index contributed by atoms with van der Waals surface area (Å²) >= 11 is 0. The third kappa shape index (κ3) is 3.84. The Hall–Kier alpha value is -1.32. The Bertz CT molecular complexity index is 439. The van der Waals surface area contributed by atoms with E-state index in [1.165, 1.54) is 0 Å². The summed E-state index contributed by atoms with van der Waals surface area (Å²) in [6, 6.07) is 6.32. The number of ether oxygens (including phenoxy) is 2. The van der Waals surface area contributed by atoms with Crippen LogP contribution in [-0.2, 0) is 11.2 Å². The molecule has 1 aliphatic heterocycles. The lowest BCUT2D eigenvalue weighted by Crippen LogP contribution is -2.17. The van der Waals surface area contributed by atoms with E-state index in [0.717, 1.165) is 49.2 Å². The van der Waals surface area contributed by atoms with Crippen LogP contribution in [0.15, 0.2) is 30.9 Å². The van der Waals surface area contributed by atoms with E-state index in [9.17, 15) is 0 Å². The molecular formula is C17H25NO2. The lowest BCUT2D eigenvalue weighted by Gasteiger charge is -2.17. The van der Waals surface area contributed by atoms with Crippen LogP contribution in [0.4, 0.5) is 0 Å². The third-order valence-electron chi connectivity index (χ3n) is 3.77.